The predicted octanol–water partition coefficient (Wildman–Crippen LogP) is 25.0. The van der Waals surface area contributed by atoms with Gasteiger partial charge in [-0.2, -0.15) is 0 Å². The van der Waals surface area contributed by atoms with Crippen LogP contribution in [0, 0.1) is 11.6 Å². The molecular weight excluding hydrogens is 1260 g/mol. The minimum atomic E-state index is -0.941. The van der Waals surface area contributed by atoms with Crippen molar-refractivity contribution in [3.63, 3.8) is 0 Å². The van der Waals surface area contributed by atoms with E-state index in [4.69, 9.17) is 9.47 Å². The second-order valence-corrected chi connectivity index (χ2v) is 27.3. The van der Waals surface area contributed by atoms with Gasteiger partial charge in [0.1, 0.15) is 34.6 Å². The summed E-state index contributed by atoms with van der Waals surface area (Å²) in [4.78, 5) is 2.41. The summed E-state index contributed by atoms with van der Waals surface area (Å²) in [7, 11) is 0. The van der Waals surface area contributed by atoms with Crippen LogP contribution >= 0.6 is 0 Å². The van der Waals surface area contributed by atoms with Gasteiger partial charge < -0.3 is 14.4 Å². The number of anilines is 3. The summed E-state index contributed by atoms with van der Waals surface area (Å²) >= 11 is 0. The average Bonchev–Trinajstić information content (AvgIpc) is 1.57. The predicted molar refractivity (Wildman–Crippen MR) is 414 cm³/mol. The summed E-state index contributed by atoms with van der Waals surface area (Å²) < 4.78 is 44.2. The van der Waals surface area contributed by atoms with Crippen molar-refractivity contribution in [2.75, 3.05) is 4.90 Å². The Morgan fingerprint density at radius 3 is 1.03 bits per heavy atom. The first-order valence-corrected chi connectivity index (χ1v) is 35.1. The second kappa shape index (κ2) is 24.2. The molecule has 0 amide bonds. The summed E-state index contributed by atoms with van der Waals surface area (Å²) in [5.41, 5.74) is 27.2. The monoisotopic (exact) mass is 1330 g/mol. The van der Waals surface area contributed by atoms with E-state index in [2.05, 4.69) is 243 Å². The third-order valence-electron chi connectivity index (χ3n) is 22.1. The minimum absolute atomic E-state index is 0.317. The molecule has 19 rings (SSSR count). The van der Waals surface area contributed by atoms with Gasteiger partial charge in [-0.15, -0.1) is 0 Å². The number of halogens is 2. The van der Waals surface area contributed by atoms with Crippen LogP contribution in [0.25, 0.3) is 56.7 Å². The topological polar surface area (TPSA) is 21.7 Å². The Kier molecular flexibility index (Phi) is 14.3. The van der Waals surface area contributed by atoms with Crippen LogP contribution in [0.2, 0.25) is 0 Å². The summed E-state index contributed by atoms with van der Waals surface area (Å²) in [5.74, 6) is 2.15. The maximum atomic E-state index is 15.6. The fourth-order valence-corrected chi connectivity index (χ4v) is 17.7. The van der Waals surface area contributed by atoms with Crippen molar-refractivity contribution in [3.05, 3.63) is 460 Å². The maximum absolute atomic E-state index is 15.6. The smallest absolute Gasteiger partial charge is 0.127 e. The summed E-state index contributed by atoms with van der Waals surface area (Å²) in [6, 6.07) is 121. The highest BCUT2D eigenvalue weighted by Gasteiger charge is 2.51. The van der Waals surface area contributed by atoms with Gasteiger partial charge in [0.15, 0.2) is 0 Å². The quantitative estimate of drug-likeness (QED) is 0.108. The largest absolute Gasteiger partial charge is 0.457 e. The average molecular weight is 1330 g/mol. The van der Waals surface area contributed by atoms with E-state index in [1.165, 1.54) is 44.5 Å². The van der Waals surface area contributed by atoms with E-state index in [1.54, 1.807) is 24.3 Å². The molecule has 4 aliphatic rings. The molecule has 4 aliphatic carbocycles. The first kappa shape index (κ1) is 61.2. The molecule has 0 bridgehead atoms. The molecule has 15 aromatic rings. The van der Waals surface area contributed by atoms with Gasteiger partial charge in [-0.1, -0.05) is 256 Å². The molecule has 0 radical (unpaired) electrons. The summed E-state index contributed by atoms with van der Waals surface area (Å²) in [6.07, 6.45) is 4.50. The molecule has 3 nitrogen and oxygen atoms in total. The lowest BCUT2D eigenvalue weighted by molar-refractivity contribution is 0.482. The fourth-order valence-electron chi connectivity index (χ4n) is 17.7. The van der Waals surface area contributed by atoms with E-state index >= 15 is 8.78 Å². The van der Waals surface area contributed by atoms with E-state index in [0.29, 0.717) is 23.0 Å². The van der Waals surface area contributed by atoms with Gasteiger partial charge >= 0.3 is 0 Å². The number of nitrogens with zero attached hydrogens (tertiary/aromatic N) is 1. The van der Waals surface area contributed by atoms with Gasteiger partial charge in [0, 0.05) is 17.1 Å². The Bertz CT molecular complexity index is 5610. The molecule has 5 heteroatoms. The van der Waals surface area contributed by atoms with Crippen molar-refractivity contribution in [1.29, 1.82) is 0 Å². The molecule has 0 fully saturated rings. The molecule has 0 saturated carbocycles. The molecule has 2 atom stereocenters. The molecule has 0 N–H and O–H groups in total. The van der Waals surface area contributed by atoms with E-state index in [1.807, 2.05) is 109 Å². The Hall–Kier alpha value is -13.0. The molecule has 0 heterocycles. The third kappa shape index (κ3) is 9.46. The zero-order valence-corrected chi connectivity index (χ0v) is 56.2. The Labute approximate surface area is 598 Å². The standard InChI is InChI=1S/C98H65F2NO2/c1-3-63-28-47-78(48-29-63)102-80-51-37-71(38-52-80)96(69-33-41-73(99)42-34-69)90-25-12-7-20-82(90)86-56-45-76(61-94(86)96)101(75-19-15-18-65(59-75)66-32-55-85-84-22-9-14-27-92(84)98(93(85)60-66)88-23-10-5-16-67(88)58-68-17-6-11-24-89(68)98)77-46-57-87-83-21-8-13-26-91(83)97(95(87)62-77,70-35-43-74(100)44-36-70)72-39-53-81(54-40-72)103-79-49-30-64(4-2)31-50-79/h3-57,59-62H,1-2,58H2. The minimum Gasteiger partial charge on any atom is -0.457 e. The zero-order valence-electron chi connectivity index (χ0n) is 56.2. The van der Waals surface area contributed by atoms with Crippen molar-refractivity contribution in [1.82, 2.24) is 0 Å². The van der Waals surface area contributed by atoms with Crippen molar-refractivity contribution in [2.24, 2.45) is 0 Å². The van der Waals surface area contributed by atoms with Gasteiger partial charge in [-0.25, -0.2) is 8.78 Å². The van der Waals surface area contributed by atoms with Gasteiger partial charge in [-0.3, -0.25) is 0 Å². The summed E-state index contributed by atoms with van der Waals surface area (Å²) in [5, 5.41) is 0. The van der Waals surface area contributed by atoms with Crippen LogP contribution < -0.4 is 14.4 Å². The molecule has 1 spiro atoms. The van der Waals surface area contributed by atoms with E-state index < -0.39 is 16.2 Å². The number of fused-ring (bicyclic) bond motifs is 15. The Balaban J connectivity index is 0.830. The number of rotatable bonds is 14. The highest BCUT2D eigenvalue weighted by atomic mass is 19.1. The SMILES string of the molecule is C=Cc1ccc(Oc2ccc(C3(c4ccc(F)cc4)c4ccccc4-c4ccc(N(c5cccc(-c6ccc7c(c6)C6(c8ccccc8Cc8ccccc86)c6ccccc6-7)c5)c5ccc6c(c5)C(c5ccc(F)cc5)(c5ccc(Oc7ccc(C=C)cc7)cc5)c5ccccc5-6)cc43)cc2)cc1. The zero-order chi connectivity index (χ0) is 69.0. The normalized spacial score (nSPS) is 15.7. The second-order valence-electron chi connectivity index (χ2n) is 27.3. The molecule has 0 aliphatic heterocycles. The molecule has 15 aromatic carbocycles. The highest BCUT2D eigenvalue weighted by Crippen LogP contribution is 2.63. The first-order chi connectivity index (χ1) is 50.7. The van der Waals surface area contributed by atoms with E-state index in [-0.39, 0.29) is 11.6 Å². The van der Waals surface area contributed by atoms with Crippen LogP contribution in [-0.4, -0.2) is 0 Å². The summed E-state index contributed by atoms with van der Waals surface area (Å²) in [6.45, 7) is 7.89. The number of benzene rings is 15. The number of ether oxygens (including phenoxy) is 2. The lowest BCUT2D eigenvalue weighted by Gasteiger charge is -2.40. The lowest BCUT2D eigenvalue weighted by Crippen LogP contribution is -2.34. The van der Waals surface area contributed by atoms with Crippen LogP contribution in [0.3, 0.4) is 0 Å². The highest BCUT2D eigenvalue weighted by molar-refractivity contribution is 5.95. The lowest BCUT2D eigenvalue weighted by atomic mass is 9.61. The van der Waals surface area contributed by atoms with E-state index in [9.17, 15) is 0 Å². The van der Waals surface area contributed by atoms with E-state index in [0.717, 1.165) is 112 Å². The molecule has 488 valence electrons. The van der Waals surface area contributed by atoms with Crippen LogP contribution in [-0.2, 0) is 22.7 Å². The third-order valence-corrected chi connectivity index (χ3v) is 22.1. The number of hydrogen-bond donors (Lipinski definition) is 0. The van der Waals surface area contributed by atoms with Crippen LogP contribution in [0.15, 0.2) is 359 Å². The van der Waals surface area contributed by atoms with Gasteiger partial charge in [0.05, 0.1) is 16.2 Å². The van der Waals surface area contributed by atoms with Crippen LogP contribution in [0.1, 0.15) is 89.0 Å². The Morgan fingerprint density at radius 2 is 0.602 bits per heavy atom. The molecule has 2 unspecified atom stereocenters. The van der Waals surface area contributed by atoms with Crippen molar-refractivity contribution in [2.45, 2.75) is 22.7 Å². The number of hydrogen-bond acceptors (Lipinski definition) is 3. The maximum Gasteiger partial charge on any atom is 0.127 e. The Morgan fingerprint density at radius 1 is 0.272 bits per heavy atom. The van der Waals surface area contributed by atoms with Crippen molar-refractivity contribution >= 4 is 29.2 Å². The molecule has 103 heavy (non-hydrogen) atoms. The van der Waals surface area contributed by atoms with Gasteiger partial charge in [-0.05, 0) is 255 Å². The first-order valence-electron chi connectivity index (χ1n) is 35.1. The molecular formula is C98H65F2NO2. The van der Waals surface area contributed by atoms with Crippen molar-refractivity contribution < 1.29 is 18.3 Å². The van der Waals surface area contributed by atoms with Gasteiger partial charge in [0.2, 0.25) is 0 Å². The van der Waals surface area contributed by atoms with Gasteiger partial charge in [0.25, 0.3) is 0 Å². The van der Waals surface area contributed by atoms with Crippen molar-refractivity contribution in [3.8, 4) is 67.5 Å². The fraction of sp³-hybridized carbons (Fsp3) is 0.0408. The van der Waals surface area contributed by atoms with Crippen LogP contribution in [0.5, 0.6) is 23.0 Å². The molecule has 0 aromatic heterocycles. The molecule has 0 saturated heterocycles. The van der Waals surface area contributed by atoms with Crippen LogP contribution in [0.4, 0.5) is 25.8 Å².